The molecule has 2 aliphatic rings. The number of aliphatic carboxylic acids is 1. The van der Waals surface area contributed by atoms with Crippen molar-refractivity contribution in [2.45, 2.75) is 44.6 Å². The number of nitrogens with one attached hydrogen (secondary N) is 1. The second-order valence-corrected chi connectivity index (χ2v) is 11.4. The van der Waals surface area contributed by atoms with Crippen LogP contribution in [0, 0.1) is 11.3 Å². The zero-order chi connectivity index (χ0) is 23.9. The number of benzene rings is 2. The zero-order valence-corrected chi connectivity index (χ0v) is 20.5. The van der Waals surface area contributed by atoms with Gasteiger partial charge in [-0.15, -0.1) is 11.3 Å². The molecule has 0 unspecified atom stereocenters. The Morgan fingerprint density at radius 3 is 2.50 bits per heavy atom. The standard InChI is InChI=1S/C27H31N3O3S/c1-30(2)16-17-9-21(10-17)18-7-8-22-23(11-18)34-24(29-22)15-28-26(33)27(14-25(31)32)12-19-5-3-4-6-20(19)13-27/h3-8,11,17,21H,9-10,12-16H2,1-2H3,(H,28,33)(H,31,32). The van der Waals surface area contributed by atoms with E-state index in [-0.39, 0.29) is 12.3 Å². The van der Waals surface area contributed by atoms with Gasteiger partial charge < -0.3 is 15.3 Å². The third kappa shape index (κ3) is 4.59. The van der Waals surface area contributed by atoms with E-state index in [1.54, 1.807) is 11.3 Å². The lowest BCUT2D eigenvalue weighted by molar-refractivity contribution is -0.145. The summed E-state index contributed by atoms with van der Waals surface area (Å²) in [6.45, 7) is 1.47. The lowest BCUT2D eigenvalue weighted by atomic mass is 9.71. The minimum atomic E-state index is -0.945. The molecule has 0 radical (unpaired) electrons. The van der Waals surface area contributed by atoms with Crippen LogP contribution in [0.25, 0.3) is 10.2 Å². The van der Waals surface area contributed by atoms with E-state index in [9.17, 15) is 14.7 Å². The van der Waals surface area contributed by atoms with E-state index in [1.165, 1.54) is 18.4 Å². The van der Waals surface area contributed by atoms with Crippen LogP contribution in [0.1, 0.15) is 46.9 Å². The first kappa shape index (κ1) is 23.0. The maximum atomic E-state index is 13.3. The fraction of sp³-hybridized carbons (Fsp3) is 0.444. The van der Waals surface area contributed by atoms with Gasteiger partial charge in [0, 0.05) is 6.54 Å². The Kier molecular flexibility index (Phi) is 6.16. The van der Waals surface area contributed by atoms with E-state index in [1.807, 2.05) is 24.3 Å². The van der Waals surface area contributed by atoms with Gasteiger partial charge in [-0.05, 0) is 80.4 Å². The van der Waals surface area contributed by atoms with Crippen molar-refractivity contribution in [3.8, 4) is 0 Å². The van der Waals surface area contributed by atoms with Gasteiger partial charge in [0.15, 0.2) is 0 Å². The van der Waals surface area contributed by atoms with Crippen LogP contribution in [0.4, 0.5) is 0 Å². The fourth-order valence-corrected chi connectivity index (χ4v) is 6.64. The van der Waals surface area contributed by atoms with Crippen molar-refractivity contribution in [1.82, 2.24) is 15.2 Å². The Balaban J connectivity index is 1.25. The second-order valence-electron chi connectivity index (χ2n) is 10.3. The molecule has 2 aromatic carbocycles. The summed E-state index contributed by atoms with van der Waals surface area (Å²) < 4.78 is 1.14. The number of thiazole rings is 1. The predicted octanol–water partition coefficient (Wildman–Crippen LogP) is 4.23. The first-order chi connectivity index (χ1) is 16.3. The van der Waals surface area contributed by atoms with Crippen molar-refractivity contribution in [2.24, 2.45) is 11.3 Å². The van der Waals surface area contributed by atoms with Gasteiger partial charge in [-0.25, -0.2) is 4.98 Å². The summed E-state index contributed by atoms with van der Waals surface area (Å²) in [4.78, 5) is 31.8. The van der Waals surface area contributed by atoms with Gasteiger partial charge in [0.05, 0.1) is 28.6 Å². The lowest BCUT2D eigenvalue weighted by Gasteiger charge is -2.37. The summed E-state index contributed by atoms with van der Waals surface area (Å²) in [7, 11) is 4.26. The molecule has 2 aliphatic carbocycles. The number of carboxylic acid groups (broad SMARTS) is 1. The van der Waals surface area contributed by atoms with Crippen molar-refractivity contribution in [1.29, 1.82) is 0 Å². The van der Waals surface area contributed by atoms with Gasteiger partial charge in [-0.3, -0.25) is 9.59 Å². The number of hydrogen-bond acceptors (Lipinski definition) is 5. The number of rotatable bonds is 8. The van der Waals surface area contributed by atoms with E-state index >= 15 is 0 Å². The predicted molar refractivity (Wildman–Crippen MR) is 134 cm³/mol. The van der Waals surface area contributed by atoms with E-state index < -0.39 is 11.4 Å². The molecule has 0 bridgehead atoms. The van der Waals surface area contributed by atoms with Gasteiger partial charge in [-0.2, -0.15) is 0 Å². The summed E-state index contributed by atoms with van der Waals surface area (Å²) in [5, 5.41) is 13.4. The highest BCUT2D eigenvalue weighted by Gasteiger charge is 2.45. The van der Waals surface area contributed by atoms with Crippen LogP contribution in [0.15, 0.2) is 42.5 Å². The Morgan fingerprint density at radius 1 is 1.15 bits per heavy atom. The van der Waals surface area contributed by atoms with Crippen molar-refractivity contribution in [2.75, 3.05) is 20.6 Å². The van der Waals surface area contributed by atoms with E-state index in [0.717, 1.165) is 38.8 Å². The summed E-state index contributed by atoms with van der Waals surface area (Å²) >= 11 is 1.61. The molecule has 1 aromatic heterocycles. The van der Waals surface area contributed by atoms with Gasteiger partial charge in [0.1, 0.15) is 5.01 Å². The number of carbonyl (C=O) groups excluding carboxylic acids is 1. The summed E-state index contributed by atoms with van der Waals surface area (Å²) in [5.74, 6) is 0.258. The zero-order valence-electron chi connectivity index (χ0n) is 19.7. The fourth-order valence-electron chi connectivity index (χ4n) is 5.68. The number of nitrogens with zero attached hydrogens (tertiary/aromatic N) is 2. The maximum Gasteiger partial charge on any atom is 0.304 e. The Labute approximate surface area is 204 Å². The molecular weight excluding hydrogens is 446 g/mol. The van der Waals surface area contributed by atoms with Crippen molar-refractivity contribution >= 4 is 33.4 Å². The molecule has 5 rings (SSSR count). The SMILES string of the molecule is CN(C)CC1CC(c2ccc3nc(CNC(=O)C4(CC(=O)O)Cc5ccccc5C4)sc3c2)C1. The Hall–Kier alpha value is -2.77. The van der Waals surface area contributed by atoms with Gasteiger partial charge in [0.25, 0.3) is 0 Å². The van der Waals surface area contributed by atoms with E-state index in [0.29, 0.717) is 25.3 Å². The van der Waals surface area contributed by atoms with Crippen LogP contribution in [0.5, 0.6) is 0 Å². The quantitative estimate of drug-likeness (QED) is 0.507. The van der Waals surface area contributed by atoms with Crippen LogP contribution in [-0.4, -0.2) is 47.5 Å². The molecule has 0 aliphatic heterocycles. The largest absolute Gasteiger partial charge is 0.481 e. The van der Waals surface area contributed by atoms with Crippen LogP contribution in [-0.2, 0) is 29.0 Å². The normalized spacial score (nSPS) is 20.8. The monoisotopic (exact) mass is 477 g/mol. The molecule has 6 nitrogen and oxygen atoms in total. The van der Waals surface area contributed by atoms with Crippen molar-refractivity contribution in [3.63, 3.8) is 0 Å². The number of carbonyl (C=O) groups is 2. The van der Waals surface area contributed by atoms with Crippen LogP contribution >= 0.6 is 11.3 Å². The molecule has 1 heterocycles. The first-order valence-corrected chi connectivity index (χ1v) is 12.7. The molecule has 1 saturated carbocycles. The first-order valence-electron chi connectivity index (χ1n) is 11.9. The van der Waals surface area contributed by atoms with Crippen LogP contribution < -0.4 is 5.32 Å². The van der Waals surface area contributed by atoms with E-state index in [2.05, 4.69) is 42.5 Å². The number of amides is 1. The van der Waals surface area contributed by atoms with Crippen LogP contribution in [0.3, 0.4) is 0 Å². The second kappa shape index (κ2) is 9.12. The molecule has 1 fully saturated rings. The number of hydrogen-bond donors (Lipinski definition) is 2. The highest BCUT2D eigenvalue weighted by molar-refractivity contribution is 7.18. The third-order valence-corrected chi connectivity index (χ3v) is 8.35. The average Bonchev–Trinajstić information content (AvgIpc) is 3.34. The molecule has 3 aromatic rings. The molecule has 34 heavy (non-hydrogen) atoms. The topological polar surface area (TPSA) is 82.5 Å². The Bertz CT molecular complexity index is 1200. The maximum absolute atomic E-state index is 13.3. The van der Waals surface area contributed by atoms with Crippen LogP contribution in [0.2, 0.25) is 0 Å². The number of fused-ring (bicyclic) bond motifs is 2. The number of carboxylic acids is 1. The average molecular weight is 478 g/mol. The van der Waals surface area contributed by atoms with Gasteiger partial charge in [0.2, 0.25) is 5.91 Å². The van der Waals surface area contributed by atoms with Gasteiger partial charge in [-0.1, -0.05) is 30.3 Å². The van der Waals surface area contributed by atoms with E-state index in [4.69, 9.17) is 4.98 Å². The lowest BCUT2D eigenvalue weighted by Crippen LogP contribution is -2.43. The molecule has 7 heteroatoms. The molecule has 0 spiro atoms. The molecule has 178 valence electrons. The summed E-state index contributed by atoms with van der Waals surface area (Å²) in [5.41, 5.74) is 3.53. The summed E-state index contributed by atoms with van der Waals surface area (Å²) in [6, 6.07) is 14.4. The molecule has 0 atom stereocenters. The number of aromatic nitrogens is 1. The molecule has 0 saturated heterocycles. The highest BCUT2D eigenvalue weighted by Crippen LogP contribution is 2.43. The summed E-state index contributed by atoms with van der Waals surface area (Å²) in [6.07, 6.45) is 3.22. The minimum absolute atomic E-state index is 0.174. The Morgan fingerprint density at radius 2 is 1.85 bits per heavy atom. The minimum Gasteiger partial charge on any atom is -0.481 e. The molecular formula is C27H31N3O3S. The smallest absolute Gasteiger partial charge is 0.304 e. The van der Waals surface area contributed by atoms with Crippen molar-refractivity contribution in [3.05, 3.63) is 64.2 Å². The van der Waals surface area contributed by atoms with Gasteiger partial charge >= 0.3 is 5.97 Å². The molecule has 1 amide bonds. The van der Waals surface area contributed by atoms with Crippen molar-refractivity contribution < 1.29 is 14.7 Å². The third-order valence-electron chi connectivity index (χ3n) is 7.33. The highest BCUT2D eigenvalue weighted by atomic mass is 32.1. The molecule has 2 N–H and O–H groups in total.